The van der Waals surface area contributed by atoms with Crippen LogP contribution in [0.3, 0.4) is 0 Å². The van der Waals surface area contributed by atoms with Crippen molar-refractivity contribution in [3.05, 3.63) is 29.6 Å². The van der Waals surface area contributed by atoms with E-state index in [-0.39, 0.29) is 12.3 Å². The predicted octanol–water partition coefficient (Wildman–Crippen LogP) is 2.72. The molecule has 2 saturated carbocycles. The molecule has 25 heavy (non-hydrogen) atoms. The lowest BCUT2D eigenvalue weighted by Crippen LogP contribution is -2.56. The molecule has 1 aromatic rings. The van der Waals surface area contributed by atoms with Gasteiger partial charge in [-0.15, -0.1) is 0 Å². The quantitative estimate of drug-likeness (QED) is 0.639. The van der Waals surface area contributed by atoms with Gasteiger partial charge in [0.25, 0.3) is 0 Å². The number of aromatic nitrogens is 1. The maximum Gasteiger partial charge on any atom is 0.337 e. The van der Waals surface area contributed by atoms with Gasteiger partial charge in [0.05, 0.1) is 0 Å². The Balaban J connectivity index is 1.70. The summed E-state index contributed by atoms with van der Waals surface area (Å²) < 4.78 is 0. The van der Waals surface area contributed by atoms with Crippen molar-refractivity contribution in [2.75, 3.05) is 0 Å². The number of rotatable bonds is 9. The van der Waals surface area contributed by atoms with Gasteiger partial charge in [-0.25, -0.2) is 4.79 Å². The van der Waals surface area contributed by atoms with Crippen LogP contribution in [0.15, 0.2) is 18.3 Å². The summed E-state index contributed by atoms with van der Waals surface area (Å²) in [6.07, 6.45) is 7.43. The van der Waals surface area contributed by atoms with Gasteiger partial charge in [0.1, 0.15) is 0 Å². The number of nitrogens with zero attached hydrogens (tertiary/aromatic N) is 1. The second kappa shape index (κ2) is 7.04. The summed E-state index contributed by atoms with van der Waals surface area (Å²) in [6, 6.07) is 3.17. The zero-order valence-electron chi connectivity index (χ0n) is 15.2. The lowest BCUT2D eigenvalue weighted by molar-refractivity contribution is -0.161. The van der Waals surface area contributed by atoms with Crippen molar-refractivity contribution in [2.24, 2.45) is 23.5 Å². The van der Waals surface area contributed by atoms with Crippen LogP contribution in [-0.2, 0) is 11.2 Å². The highest BCUT2D eigenvalue weighted by atomic mass is 16.4. The van der Waals surface area contributed by atoms with E-state index in [1.807, 2.05) is 26.0 Å². The Morgan fingerprint density at radius 2 is 2.16 bits per heavy atom. The van der Waals surface area contributed by atoms with Crippen LogP contribution in [0.2, 0.25) is 0 Å². The van der Waals surface area contributed by atoms with Crippen molar-refractivity contribution >= 4 is 5.97 Å². The normalized spacial score (nSPS) is 26.3. The molecule has 0 amide bonds. The van der Waals surface area contributed by atoms with Crippen LogP contribution in [-0.4, -0.2) is 32.8 Å². The molecule has 2 aliphatic carbocycles. The fourth-order valence-electron chi connectivity index (χ4n) is 3.87. The number of pyridine rings is 1. The van der Waals surface area contributed by atoms with Gasteiger partial charge in [-0.3, -0.25) is 4.98 Å². The summed E-state index contributed by atoms with van der Waals surface area (Å²) in [7, 11) is 0. The number of nitrogens with two attached hydrogens (primary N) is 1. The average molecular weight is 346 g/mol. The number of aliphatic hydroxyl groups is 1. The van der Waals surface area contributed by atoms with Gasteiger partial charge in [0.15, 0.2) is 5.60 Å². The monoisotopic (exact) mass is 346 g/mol. The summed E-state index contributed by atoms with van der Waals surface area (Å²) >= 11 is 0. The number of hydrogen-bond donors (Lipinski definition) is 3. The molecule has 2 aliphatic rings. The van der Waals surface area contributed by atoms with Crippen molar-refractivity contribution in [1.29, 1.82) is 0 Å². The first kappa shape index (κ1) is 18.3. The van der Waals surface area contributed by atoms with Gasteiger partial charge in [-0.1, -0.05) is 26.7 Å². The Labute approximate surface area is 149 Å². The van der Waals surface area contributed by atoms with E-state index < -0.39 is 17.6 Å². The van der Waals surface area contributed by atoms with Gasteiger partial charge >= 0.3 is 5.97 Å². The molecule has 4 atom stereocenters. The summed E-state index contributed by atoms with van der Waals surface area (Å²) in [5, 5.41) is 20.3. The molecular formula is C20H30N2O3. The lowest BCUT2D eigenvalue weighted by atomic mass is 9.84. The Kier molecular flexibility index (Phi) is 5.16. The van der Waals surface area contributed by atoms with E-state index in [4.69, 9.17) is 5.73 Å². The lowest BCUT2D eigenvalue weighted by Gasteiger charge is -2.30. The van der Waals surface area contributed by atoms with Gasteiger partial charge in [0.2, 0.25) is 0 Å². The summed E-state index contributed by atoms with van der Waals surface area (Å²) in [6.45, 7) is 3.93. The molecule has 4 unspecified atom stereocenters. The minimum absolute atomic E-state index is 0.0515. The molecule has 0 bridgehead atoms. The maximum atomic E-state index is 11.7. The predicted molar refractivity (Wildman–Crippen MR) is 96.1 cm³/mol. The SMILES string of the molecule is CC(C)CC(N)C(O)(Cc1cc(C2CC2CC2CC2)ccn1)C(=O)O. The first-order valence-corrected chi connectivity index (χ1v) is 9.45. The van der Waals surface area contributed by atoms with E-state index in [0.29, 0.717) is 18.0 Å². The molecule has 3 rings (SSSR count). The van der Waals surface area contributed by atoms with Gasteiger partial charge in [0, 0.05) is 24.4 Å². The van der Waals surface area contributed by atoms with E-state index in [1.54, 1.807) is 6.20 Å². The van der Waals surface area contributed by atoms with E-state index in [1.165, 1.54) is 31.2 Å². The van der Waals surface area contributed by atoms with Crippen molar-refractivity contribution < 1.29 is 15.0 Å². The first-order chi connectivity index (χ1) is 11.8. The number of carboxylic acid groups (broad SMARTS) is 1. The molecule has 2 fully saturated rings. The number of carbonyl (C=O) groups is 1. The van der Waals surface area contributed by atoms with Crippen molar-refractivity contribution in [1.82, 2.24) is 4.98 Å². The van der Waals surface area contributed by atoms with Crippen LogP contribution in [0.5, 0.6) is 0 Å². The zero-order valence-corrected chi connectivity index (χ0v) is 15.2. The molecule has 1 heterocycles. The van der Waals surface area contributed by atoms with Crippen LogP contribution < -0.4 is 5.73 Å². The molecular weight excluding hydrogens is 316 g/mol. The first-order valence-electron chi connectivity index (χ1n) is 9.45. The summed E-state index contributed by atoms with van der Waals surface area (Å²) in [5.74, 6) is 1.22. The standard InChI is InChI=1S/C20H30N2O3/c1-12(2)7-18(21)20(25,19(23)24)11-16-9-14(5-6-22-16)17-10-15(17)8-13-3-4-13/h5-6,9,12-13,15,17-18,25H,3-4,7-8,10-11,21H2,1-2H3,(H,23,24). The van der Waals surface area contributed by atoms with Crippen molar-refractivity contribution in [2.45, 2.75) is 69.9 Å². The number of hydrogen-bond acceptors (Lipinski definition) is 4. The Morgan fingerprint density at radius 1 is 1.44 bits per heavy atom. The van der Waals surface area contributed by atoms with E-state index in [0.717, 1.165) is 11.8 Å². The molecule has 4 N–H and O–H groups in total. The van der Waals surface area contributed by atoms with Gasteiger partial charge in [-0.2, -0.15) is 0 Å². The Hall–Kier alpha value is -1.46. The minimum Gasteiger partial charge on any atom is -0.479 e. The van der Waals surface area contributed by atoms with Gasteiger partial charge < -0.3 is 15.9 Å². The van der Waals surface area contributed by atoms with Crippen LogP contribution in [0.25, 0.3) is 0 Å². The van der Waals surface area contributed by atoms with Crippen LogP contribution >= 0.6 is 0 Å². The van der Waals surface area contributed by atoms with Crippen LogP contribution in [0.4, 0.5) is 0 Å². The summed E-state index contributed by atoms with van der Waals surface area (Å²) in [5.41, 5.74) is 5.89. The average Bonchev–Trinajstić information content (AvgIpc) is 3.44. The molecule has 0 spiro atoms. The second-order valence-corrected chi connectivity index (χ2v) is 8.50. The smallest absolute Gasteiger partial charge is 0.337 e. The Bertz CT molecular complexity index is 629. The third kappa shape index (κ3) is 4.39. The molecule has 0 radical (unpaired) electrons. The number of carboxylic acids is 1. The molecule has 5 heteroatoms. The van der Waals surface area contributed by atoms with Crippen molar-refractivity contribution in [3.8, 4) is 0 Å². The molecule has 138 valence electrons. The van der Waals surface area contributed by atoms with E-state index in [2.05, 4.69) is 4.98 Å². The third-order valence-electron chi connectivity index (χ3n) is 5.68. The third-order valence-corrected chi connectivity index (χ3v) is 5.68. The summed E-state index contributed by atoms with van der Waals surface area (Å²) in [4.78, 5) is 16.0. The Morgan fingerprint density at radius 3 is 2.76 bits per heavy atom. The maximum absolute atomic E-state index is 11.7. The highest BCUT2D eigenvalue weighted by Crippen LogP contribution is 2.54. The fraction of sp³-hybridized carbons (Fsp3) is 0.700. The molecule has 1 aromatic heterocycles. The highest BCUT2D eigenvalue weighted by Gasteiger charge is 2.44. The molecule has 0 aromatic carbocycles. The minimum atomic E-state index is -1.98. The molecule has 5 nitrogen and oxygen atoms in total. The van der Waals surface area contributed by atoms with Crippen LogP contribution in [0, 0.1) is 17.8 Å². The topological polar surface area (TPSA) is 96.4 Å². The largest absolute Gasteiger partial charge is 0.479 e. The zero-order chi connectivity index (χ0) is 18.2. The highest BCUT2D eigenvalue weighted by molar-refractivity contribution is 5.78. The van der Waals surface area contributed by atoms with Crippen molar-refractivity contribution in [3.63, 3.8) is 0 Å². The number of aliphatic carboxylic acids is 1. The molecule has 0 saturated heterocycles. The van der Waals surface area contributed by atoms with E-state index >= 15 is 0 Å². The van der Waals surface area contributed by atoms with E-state index in [9.17, 15) is 15.0 Å². The van der Waals surface area contributed by atoms with Gasteiger partial charge in [-0.05, 0) is 60.6 Å². The second-order valence-electron chi connectivity index (χ2n) is 8.50. The molecule has 0 aliphatic heterocycles. The fourth-order valence-corrected chi connectivity index (χ4v) is 3.87. The van der Waals surface area contributed by atoms with Crippen LogP contribution in [0.1, 0.15) is 63.1 Å².